The zero-order chi connectivity index (χ0) is 19.7. The van der Waals surface area contributed by atoms with Crippen LogP contribution < -0.4 is 9.64 Å². The maximum atomic E-state index is 13.6. The van der Waals surface area contributed by atoms with E-state index in [9.17, 15) is 4.39 Å². The fourth-order valence-electron chi connectivity index (χ4n) is 4.41. The highest BCUT2D eigenvalue weighted by atomic mass is 19.1. The van der Waals surface area contributed by atoms with Gasteiger partial charge in [-0.3, -0.25) is 0 Å². The summed E-state index contributed by atoms with van der Waals surface area (Å²) in [6, 6.07) is 0.118. The Bertz CT molecular complexity index is 818. The summed E-state index contributed by atoms with van der Waals surface area (Å²) in [5.41, 5.74) is 0.805. The van der Waals surface area contributed by atoms with E-state index in [2.05, 4.69) is 25.2 Å². The molecule has 0 N–H and O–H groups in total. The van der Waals surface area contributed by atoms with E-state index < -0.39 is 5.82 Å². The van der Waals surface area contributed by atoms with Crippen molar-refractivity contribution in [3.63, 3.8) is 0 Å². The van der Waals surface area contributed by atoms with Crippen LogP contribution in [-0.4, -0.2) is 65.5 Å². The molecule has 2 aromatic heterocycles. The Hall–Kier alpha value is -2.33. The Balaban J connectivity index is 1.50. The highest BCUT2D eigenvalue weighted by Crippen LogP contribution is 2.43. The Labute approximate surface area is 162 Å². The van der Waals surface area contributed by atoms with Gasteiger partial charge in [-0.2, -0.15) is 9.37 Å². The molecule has 0 aromatic carbocycles. The minimum atomic E-state index is -0.555. The lowest BCUT2D eigenvalue weighted by Crippen LogP contribution is -2.37. The first kappa shape index (κ1) is 19.0. The predicted octanol–water partition coefficient (Wildman–Crippen LogP) is 1.46. The van der Waals surface area contributed by atoms with Crippen molar-refractivity contribution in [1.29, 1.82) is 0 Å². The molecule has 3 heterocycles. The zero-order valence-electron chi connectivity index (χ0n) is 16.3. The van der Waals surface area contributed by atoms with Gasteiger partial charge in [0.1, 0.15) is 5.69 Å². The molecule has 1 saturated heterocycles. The second kappa shape index (κ2) is 7.96. The van der Waals surface area contributed by atoms with Crippen LogP contribution in [0.1, 0.15) is 24.6 Å². The van der Waals surface area contributed by atoms with Gasteiger partial charge in [0.05, 0.1) is 38.3 Å². The molecule has 152 valence electrons. The third-order valence-electron chi connectivity index (χ3n) is 5.75. The van der Waals surface area contributed by atoms with Gasteiger partial charge in [0, 0.05) is 27.3 Å². The largest absolute Gasteiger partial charge is 0.479 e. The Morgan fingerprint density at radius 3 is 2.68 bits per heavy atom. The Morgan fingerprint density at radius 2 is 1.96 bits per heavy atom. The number of rotatable bonds is 6. The summed E-state index contributed by atoms with van der Waals surface area (Å²) in [5.74, 6) is 0.830. The first-order valence-corrected chi connectivity index (χ1v) is 9.36. The number of halogens is 1. The van der Waals surface area contributed by atoms with Crippen molar-refractivity contribution in [1.82, 2.24) is 25.0 Å². The van der Waals surface area contributed by atoms with Crippen LogP contribution in [0.25, 0.3) is 0 Å². The van der Waals surface area contributed by atoms with Crippen molar-refractivity contribution in [3.05, 3.63) is 23.9 Å². The van der Waals surface area contributed by atoms with Crippen molar-refractivity contribution in [3.8, 4) is 5.88 Å². The smallest absolute Gasteiger partial charge is 0.255 e. The fraction of sp³-hybridized carbons (Fsp3) is 0.667. The molecule has 1 saturated carbocycles. The number of hydrogen-bond acceptors (Lipinski definition) is 8. The van der Waals surface area contributed by atoms with Crippen molar-refractivity contribution >= 4 is 5.95 Å². The van der Waals surface area contributed by atoms with E-state index in [0.29, 0.717) is 24.4 Å². The van der Waals surface area contributed by atoms with Crippen LogP contribution in [0.4, 0.5) is 10.3 Å². The van der Waals surface area contributed by atoms with Crippen LogP contribution in [0.5, 0.6) is 5.88 Å². The molecule has 10 heteroatoms. The zero-order valence-corrected chi connectivity index (χ0v) is 16.3. The van der Waals surface area contributed by atoms with Gasteiger partial charge in [0.25, 0.3) is 5.88 Å². The Morgan fingerprint density at radius 1 is 1.18 bits per heavy atom. The van der Waals surface area contributed by atoms with Gasteiger partial charge in [0.15, 0.2) is 0 Å². The van der Waals surface area contributed by atoms with Crippen LogP contribution in [0.2, 0.25) is 0 Å². The minimum absolute atomic E-state index is 0.0270. The average Bonchev–Trinajstić information content (AvgIpc) is 3.34. The number of methoxy groups -OCH3 is 3. The van der Waals surface area contributed by atoms with Crippen LogP contribution in [0.3, 0.4) is 0 Å². The molecule has 1 aliphatic heterocycles. The fourth-order valence-corrected chi connectivity index (χ4v) is 4.41. The maximum absolute atomic E-state index is 13.6. The Kier molecular flexibility index (Phi) is 5.40. The summed E-state index contributed by atoms with van der Waals surface area (Å²) in [7, 11) is 4.79. The van der Waals surface area contributed by atoms with Crippen molar-refractivity contribution in [2.45, 2.75) is 31.6 Å². The number of aromatic nitrogens is 5. The SMILES string of the molecule is COCc1cn([C@@H]2C[C@@H]3CN(c4ncc(F)c(OC)n4)C[C@@H]3C[C@H]2OC)nn1. The van der Waals surface area contributed by atoms with Crippen LogP contribution in [-0.2, 0) is 16.1 Å². The molecule has 0 spiro atoms. The average molecular weight is 392 g/mol. The molecule has 0 radical (unpaired) electrons. The van der Waals surface area contributed by atoms with Gasteiger partial charge in [-0.15, -0.1) is 5.10 Å². The monoisotopic (exact) mass is 392 g/mol. The molecular formula is C18H25FN6O3. The molecule has 2 fully saturated rings. The molecule has 0 amide bonds. The third-order valence-corrected chi connectivity index (χ3v) is 5.75. The molecule has 9 nitrogen and oxygen atoms in total. The van der Waals surface area contributed by atoms with Crippen LogP contribution >= 0.6 is 0 Å². The number of nitrogens with zero attached hydrogens (tertiary/aromatic N) is 6. The quantitative estimate of drug-likeness (QED) is 0.730. The summed E-state index contributed by atoms with van der Waals surface area (Å²) in [6.07, 6.45) is 4.99. The van der Waals surface area contributed by atoms with Gasteiger partial charge >= 0.3 is 0 Å². The van der Waals surface area contributed by atoms with E-state index in [1.54, 1.807) is 14.2 Å². The van der Waals surface area contributed by atoms with Gasteiger partial charge < -0.3 is 19.1 Å². The molecule has 0 bridgehead atoms. The molecule has 2 aromatic rings. The standard InChI is InChI=1S/C18H25FN6O3/c1-26-10-13-9-25(23-22-13)15-4-11-7-24(8-12(11)5-16(15)27-2)18-20-6-14(19)17(21-18)28-3/h6,9,11-12,15-16H,4-5,7-8,10H2,1-3H3/t11-,12+,15-,16-/m1/s1. The topological polar surface area (TPSA) is 87.4 Å². The summed E-state index contributed by atoms with van der Waals surface area (Å²) in [4.78, 5) is 10.5. The number of hydrogen-bond donors (Lipinski definition) is 0. The van der Waals surface area contributed by atoms with E-state index in [1.807, 2.05) is 10.9 Å². The van der Waals surface area contributed by atoms with Crippen molar-refractivity contribution in [2.24, 2.45) is 11.8 Å². The summed E-state index contributed by atoms with van der Waals surface area (Å²) in [5, 5.41) is 8.47. The normalized spacial score (nSPS) is 27.1. The summed E-state index contributed by atoms with van der Waals surface area (Å²) < 4.78 is 31.5. The first-order chi connectivity index (χ1) is 13.6. The van der Waals surface area contributed by atoms with Crippen LogP contribution in [0.15, 0.2) is 12.4 Å². The van der Waals surface area contributed by atoms with Gasteiger partial charge in [-0.1, -0.05) is 5.21 Å². The molecule has 28 heavy (non-hydrogen) atoms. The highest BCUT2D eigenvalue weighted by Gasteiger charge is 2.44. The van der Waals surface area contributed by atoms with Gasteiger partial charge in [0.2, 0.25) is 11.8 Å². The molecular weight excluding hydrogens is 367 g/mol. The van der Waals surface area contributed by atoms with Crippen molar-refractivity contribution in [2.75, 3.05) is 39.3 Å². The van der Waals surface area contributed by atoms with Gasteiger partial charge in [-0.25, -0.2) is 9.67 Å². The summed E-state index contributed by atoms with van der Waals surface area (Å²) >= 11 is 0. The lowest BCUT2D eigenvalue weighted by molar-refractivity contribution is -0.00544. The molecule has 4 atom stereocenters. The van der Waals surface area contributed by atoms with E-state index >= 15 is 0 Å². The van der Waals surface area contributed by atoms with E-state index in [4.69, 9.17) is 14.2 Å². The number of ether oxygens (including phenoxy) is 3. The molecule has 0 unspecified atom stereocenters. The summed E-state index contributed by atoms with van der Waals surface area (Å²) in [6.45, 7) is 2.07. The molecule has 4 rings (SSSR count). The van der Waals surface area contributed by atoms with E-state index in [0.717, 1.165) is 37.8 Å². The molecule has 1 aliphatic carbocycles. The minimum Gasteiger partial charge on any atom is -0.479 e. The highest BCUT2D eigenvalue weighted by molar-refractivity contribution is 5.35. The first-order valence-electron chi connectivity index (χ1n) is 9.36. The molecule has 2 aliphatic rings. The number of fused-ring (bicyclic) bond motifs is 1. The van der Waals surface area contributed by atoms with E-state index in [1.165, 1.54) is 7.11 Å². The predicted molar refractivity (Wildman–Crippen MR) is 97.5 cm³/mol. The van der Waals surface area contributed by atoms with Crippen molar-refractivity contribution < 1.29 is 18.6 Å². The number of anilines is 1. The van der Waals surface area contributed by atoms with Gasteiger partial charge in [-0.05, 0) is 24.7 Å². The maximum Gasteiger partial charge on any atom is 0.255 e. The second-order valence-electron chi connectivity index (χ2n) is 7.39. The second-order valence-corrected chi connectivity index (χ2v) is 7.39. The lowest BCUT2D eigenvalue weighted by Gasteiger charge is -2.36. The van der Waals surface area contributed by atoms with E-state index in [-0.39, 0.29) is 18.0 Å². The third kappa shape index (κ3) is 3.53. The van der Waals surface area contributed by atoms with Crippen LogP contribution in [0, 0.1) is 17.7 Å². The lowest BCUT2D eigenvalue weighted by atomic mass is 9.77.